The molecule has 0 saturated carbocycles. The maximum atomic E-state index is 12.6. The lowest BCUT2D eigenvalue weighted by Crippen LogP contribution is -2.48. The topological polar surface area (TPSA) is 66.8 Å². The fraction of sp³-hybridized carbons (Fsp3) is 0.867. The van der Waals surface area contributed by atoms with Gasteiger partial charge in [0, 0.05) is 19.0 Å². The number of carbonyl (C=O) groups excluding carboxylic acids is 1. The highest BCUT2D eigenvalue weighted by molar-refractivity contribution is 5.81. The van der Waals surface area contributed by atoms with Crippen LogP contribution in [0.15, 0.2) is 0 Å². The van der Waals surface area contributed by atoms with Gasteiger partial charge in [0.1, 0.15) is 6.10 Å². The summed E-state index contributed by atoms with van der Waals surface area (Å²) >= 11 is 0. The Balaban J connectivity index is 1.93. The predicted molar refractivity (Wildman–Crippen MR) is 74.4 cm³/mol. The number of carbonyl (C=O) groups is 2. The highest BCUT2D eigenvalue weighted by atomic mass is 16.5. The van der Waals surface area contributed by atoms with Crippen molar-refractivity contribution in [1.82, 2.24) is 4.90 Å². The summed E-state index contributed by atoms with van der Waals surface area (Å²) in [5, 5.41) is 8.82. The highest BCUT2D eigenvalue weighted by Crippen LogP contribution is 2.27. The summed E-state index contributed by atoms with van der Waals surface area (Å²) in [6.45, 7) is 2.83. The minimum Gasteiger partial charge on any atom is -0.481 e. The van der Waals surface area contributed by atoms with E-state index in [9.17, 15) is 9.59 Å². The lowest BCUT2D eigenvalue weighted by Gasteiger charge is -2.37. The third-order valence-corrected chi connectivity index (χ3v) is 4.44. The summed E-state index contributed by atoms with van der Waals surface area (Å²) in [5.41, 5.74) is 0. The molecule has 2 heterocycles. The molecule has 0 aromatic rings. The summed E-state index contributed by atoms with van der Waals surface area (Å²) in [4.78, 5) is 25.2. The van der Waals surface area contributed by atoms with Crippen LogP contribution < -0.4 is 0 Å². The van der Waals surface area contributed by atoms with Crippen LogP contribution in [-0.4, -0.2) is 46.7 Å². The van der Waals surface area contributed by atoms with Crippen molar-refractivity contribution < 1.29 is 19.4 Å². The van der Waals surface area contributed by atoms with E-state index in [-0.39, 0.29) is 30.6 Å². The van der Waals surface area contributed by atoms with E-state index in [2.05, 4.69) is 6.92 Å². The Morgan fingerprint density at radius 2 is 2.05 bits per heavy atom. The first kappa shape index (κ1) is 15.3. The first-order valence-corrected chi connectivity index (χ1v) is 7.79. The average molecular weight is 283 g/mol. The average Bonchev–Trinajstić information content (AvgIpc) is 2.93. The molecular formula is C15H25NO4. The standard InChI is InChI=1S/C15H25NO4/c1-2-12-7-8-13(20-12)15(19)16-10-4-3-5-11(16)6-9-14(17)18/h11-13H,2-10H2,1H3,(H,17,18). The van der Waals surface area contributed by atoms with Crippen LogP contribution in [0.5, 0.6) is 0 Å². The Labute approximate surface area is 120 Å². The van der Waals surface area contributed by atoms with Crippen molar-refractivity contribution in [2.45, 2.75) is 76.5 Å². The van der Waals surface area contributed by atoms with Crippen molar-refractivity contribution in [2.24, 2.45) is 0 Å². The van der Waals surface area contributed by atoms with E-state index in [4.69, 9.17) is 9.84 Å². The van der Waals surface area contributed by atoms with Gasteiger partial charge in [-0.1, -0.05) is 6.92 Å². The molecular weight excluding hydrogens is 258 g/mol. The molecule has 20 heavy (non-hydrogen) atoms. The second kappa shape index (κ2) is 7.07. The Hall–Kier alpha value is -1.10. The molecule has 2 rings (SSSR count). The SMILES string of the molecule is CCC1CCC(C(=O)N2CCCCC2CCC(=O)O)O1. The third kappa shape index (κ3) is 3.72. The Morgan fingerprint density at radius 1 is 1.25 bits per heavy atom. The summed E-state index contributed by atoms with van der Waals surface area (Å²) in [6, 6.07) is 0.0802. The number of hydrogen-bond acceptors (Lipinski definition) is 3. The molecule has 0 aromatic carbocycles. The fourth-order valence-corrected chi connectivity index (χ4v) is 3.25. The van der Waals surface area contributed by atoms with Gasteiger partial charge in [-0.2, -0.15) is 0 Å². The van der Waals surface area contributed by atoms with E-state index < -0.39 is 5.97 Å². The first-order chi connectivity index (χ1) is 9.61. The molecule has 0 radical (unpaired) electrons. The number of nitrogens with zero attached hydrogens (tertiary/aromatic N) is 1. The van der Waals surface area contributed by atoms with Gasteiger partial charge in [-0.3, -0.25) is 9.59 Å². The minimum atomic E-state index is -0.786. The van der Waals surface area contributed by atoms with E-state index in [0.717, 1.165) is 45.1 Å². The van der Waals surface area contributed by atoms with E-state index in [1.807, 2.05) is 4.90 Å². The minimum absolute atomic E-state index is 0.0797. The fourth-order valence-electron chi connectivity index (χ4n) is 3.25. The molecule has 2 saturated heterocycles. The molecule has 5 heteroatoms. The second-order valence-electron chi connectivity index (χ2n) is 5.85. The summed E-state index contributed by atoms with van der Waals surface area (Å²) < 4.78 is 5.79. The Bertz CT molecular complexity index is 358. The van der Waals surface area contributed by atoms with Gasteiger partial charge in [-0.15, -0.1) is 0 Å². The van der Waals surface area contributed by atoms with E-state index >= 15 is 0 Å². The molecule has 0 spiro atoms. The summed E-state index contributed by atoms with van der Waals surface area (Å²) in [6.07, 6.45) is 6.34. The monoisotopic (exact) mass is 283 g/mol. The summed E-state index contributed by atoms with van der Waals surface area (Å²) in [7, 11) is 0. The Kier molecular flexibility index (Phi) is 5.40. The zero-order chi connectivity index (χ0) is 14.5. The molecule has 0 aromatic heterocycles. The van der Waals surface area contributed by atoms with Crippen molar-refractivity contribution in [3.63, 3.8) is 0 Å². The largest absolute Gasteiger partial charge is 0.481 e. The maximum absolute atomic E-state index is 12.6. The van der Waals surface area contributed by atoms with Crippen LogP contribution in [-0.2, 0) is 14.3 Å². The van der Waals surface area contributed by atoms with Gasteiger partial charge in [0.15, 0.2) is 0 Å². The van der Waals surface area contributed by atoms with Crippen LogP contribution in [0.2, 0.25) is 0 Å². The van der Waals surface area contributed by atoms with Gasteiger partial charge in [0.05, 0.1) is 6.10 Å². The highest BCUT2D eigenvalue weighted by Gasteiger charge is 2.36. The number of carboxylic acids is 1. The number of amides is 1. The smallest absolute Gasteiger partial charge is 0.303 e. The maximum Gasteiger partial charge on any atom is 0.303 e. The van der Waals surface area contributed by atoms with Gasteiger partial charge in [-0.05, 0) is 44.9 Å². The number of rotatable bonds is 5. The van der Waals surface area contributed by atoms with Crippen molar-refractivity contribution in [1.29, 1.82) is 0 Å². The normalized spacial score (nSPS) is 30.4. The second-order valence-corrected chi connectivity index (χ2v) is 5.85. The number of carboxylic acid groups (broad SMARTS) is 1. The quantitative estimate of drug-likeness (QED) is 0.840. The lowest BCUT2D eigenvalue weighted by molar-refractivity contribution is -0.148. The number of likely N-dealkylation sites (tertiary alicyclic amines) is 1. The van der Waals surface area contributed by atoms with Crippen LogP contribution in [0.3, 0.4) is 0 Å². The molecule has 1 N–H and O–H groups in total. The molecule has 114 valence electrons. The van der Waals surface area contributed by atoms with Gasteiger partial charge < -0.3 is 14.7 Å². The molecule has 3 atom stereocenters. The van der Waals surface area contributed by atoms with Crippen LogP contribution in [0.25, 0.3) is 0 Å². The van der Waals surface area contributed by atoms with Crippen molar-refractivity contribution in [3.05, 3.63) is 0 Å². The number of aliphatic carboxylic acids is 1. The molecule has 5 nitrogen and oxygen atoms in total. The first-order valence-electron chi connectivity index (χ1n) is 7.79. The van der Waals surface area contributed by atoms with E-state index in [1.54, 1.807) is 0 Å². The van der Waals surface area contributed by atoms with Crippen LogP contribution in [0, 0.1) is 0 Å². The molecule has 2 aliphatic rings. The lowest BCUT2D eigenvalue weighted by atomic mass is 9.97. The van der Waals surface area contributed by atoms with Crippen molar-refractivity contribution >= 4 is 11.9 Å². The molecule has 3 unspecified atom stereocenters. The Morgan fingerprint density at radius 3 is 2.70 bits per heavy atom. The zero-order valence-electron chi connectivity index (χ0n) is 12.2. The number of piperidine rings is 1. The predicted octanol–water partition coefficient (Wildman–Crippen LogP) is 2.19. The summed E-state index contributed by atoms with van der Waals surface area (Å²) in [5.74, 6) is -0.706. The van der Waals surface area contributed by atoms with Crippen LogP contribution >= 0.6 is 0 Å². The molecule has 1 amide bonds. The van der Waals surface area contributed by atoms with Crippen molar-refractivity contribution in [2.75, 3.05) is 6.54 Å². The van der Waals surface area contributed by atoms with Crippen LogP contribution in [0.4, 0.5) is 0 Å². The van der Waals surface area contributed by atoms with Crippen LogP contribution in [0.1, 0.15) is 58.3 Å². The van der Waals surface area contributed by atoms with E-state index in [1.165, 1.54) is 0 Å². The van der Waals surface area contributed by atoms with Gasteiger partial charge in [0.25, 0.3) is 5.91 Å². The van der Waals surface area contributed by atoms with E-state index in [0.29, 0.717) is 6.42 Å². The zero-order valence-corrected chi connectivity index (χ0v) is 12.2. The van der Waals surface area contributed by atoms with Crippen molar-refractivity contribution in [3.8, 4) is 0 Å². The third-order valence-electron chi connectivity index (χ3n) is 4.44. The van der Waals surface area contributed by atoms with Gasteiger partial charge >= 0.3 is 5.97 Å². The molecule has 2 aliphatic heterocycles. The van der Waals surface area contributed by atoms with Gasteiger partial charge in [-0.25, -0.2) is 0 Å². The molecule has 2 fully saturated rings. The molecule has 0 bridgehead atoms. The molecule has 0 aliphatic carbocycles. The number of ether oxygens (including phenoxy) is 1. The van der Waals surface area contributed by atoms with Gasteiger partial charge in [0.2, 0.25) is 0 Å². The number of hydrogen-bond donors (Lipinski definition) is 1.